The summed E-state index contributed by atoms with van der Waals surface area (Å²) in [5.74, 6) is 0.0656. The molecule has 0 saturated heterocycles. The van der Waals surface area contributed by atoms with Crippen LogP contribution in [0.1, 0.15) is 46.0 Å². The molecule has 0 rings (SSSR count). The van der Waals surface area contributed by atoms with Crippen LogP contribution < -0.4 is 16.4 Å². The second kappa shape index (κ2) is 13.6. The molecule has 2 amide bonds. The molecule has 0 atom stereocenters. The minimum absolute atomic E-state index is 0. The van der Waals surface area contributed by atoms with Crippen LogP contribution in [0.5, 0.6) is 0 Å². The quantitative estimate of drug-likeness (QED) is 0.529. The third-order valence-corrected chi connectivity index (χ3v) is 2.63. The van der Waals surface area contributed by atoms with Gasteiger partial charge in [0, 0.05) is 25.4 Å². The molecule has 0 radical (unpaired) electrons. The second-order valence-corrected chi connectivity index (χ2v) is 4.75. The zero-order chi connectivity index (χ0) is 13.8. The summed E-state index contributed by atoms with van der Waals surface area (Å²) in [5.41, 5.74) is 5.38. The molecule has 0 saturated carbocycles. The Morgan fingerprint density at radius 1 is 1.00 bits per heavy atom. The number of carbonyl (C=O) groups excluding carboxylic acids is 2. The summed E-state index contributed by atoms with van der Waals surface area (Å²) in [7, 11) is 0. The van der Waals surface area contributed by atoms with Gasteiger partial charge in [0.15, 0.2) is 0 Å². The zero-order valence-corrected chi connectivity index (χ0v) is 12.9. The highest BCUT2D eigenvalue weighted by atomic mass is 35.5. The Morgan fingerprint density at radius 3 is 2.16 bits per heavy atom. The third kappa shape index (κ3) is 13.4. The first-order valence-corrected chi connectivity index (χ1v) is 6.82. The molecule has 0 aliphatic rings. The van der Waals surface area contributed by atoms with Crippen LogP contribution in [-0.4, -0.2) is 31.4 Å². The molecular formula is C13H28ClN3O2. The van der Waals surface area contributed by atoms with Crippen LogP contribution in [0.25, 0.3) is 0 Å². The van der Waals surface area contributed by atoms with E-state index in [9.17, 15) is 9.59 Å². The summed E-state index contributed by atoms with van der Waals surface area (Å²) in [6, 6.07) is 0. The maximum Gasteiger partial charge on any atom is 0.222 e. The topological polar surface area (TPSA) is 84.2 Å². The standard InChI is InChI=1S/C13H27N3O2.ClH/c1-11(2)13(18)16-10-9-15-12(17)7-5-3-4-6-8-14;/h11H,3-10,14H2,1-2H3,(H,15,17)(H,16,18);1H. The van der Waals surface area contributed by atoms with Gasteiger partial charge in [0.1, 0.15) is 0 Å². The first-order chi connectivity index (χ1) is 8.57. The van der Waals surface area contributed by atoms with Gasteiger partial charge in [0.25, 0.3) is 0 Å². The number of unbranched alkanes of at least 4 members (excludes halogenated alkanes) is 3. The van der Waals surface area contributed by atoms with Gasteiger partial charge in [0.2, 0.25) is 11.8 Å². The summed E-state index contributed by atoms with van der Waals surface area (Å²) in [6.45, 7) is 5.41. The van der Waals surface area contributed by atoms with Crippen LogP contribution in [0.4, 0.5) is 0 Å². The van der Waals surface area contributed by atoms with Crippen molar-refractivity contribution in [3.63, 3.8) is 0 Å². The maximum absolute atomic E-state index is 11.4. The van der Waals surface area contributed by atoms with Crippen molar-refractivity contribution in [1.29, 1.82) is 0 Å². The Kier molecular flexibility index (Phi) is 14.7. The van der Waals surface area contributed by atoms with Gasteiger partial charge in [-0.05, 0) is 19.4 Å². The van der Waals surface area contributed by atoms with E-state index in [1.807, 2.05) is 13.8 Å². The summed E-state index contributed by atoms with van der Waals surface area (Å²) >= 11 is 0. The molecule has 0 bridgehead atoms. The van der Waals surface area contributed by atoms with E-state index in [0.717, 1.165) is 32.2 Å². The highest BCUT2D eigenvalue weighted by molar-refractivity contribution is 5.85. The predicted molar refractivity (Wildman–Crippen MR) is 80.2 cm³/mol. The number of carbonyl (C=O) groups is 2. The van der Waals surface area contributed by atoms with E-state index in [1.165, 1.54) is 0 Å². The summed E-state index contributed by atoms with van der Waals surface area (Å²) < 4.78 is 0. The van der Waals surface area contributed by atoms with Crippen molar-refractivity contribution in [2.24, 2.45) is 11.7 Å². The van der Waals surface area contributed by atoms with Crippen LogP contribution in [0, 0.1) is 5.92 Å². The Morgan fingerprint density at radius 2 is 1.58 bits per heavy atom. The number of rotatable bonds is 10. The highest BCUT2D eigenvalue weighted by Crippen LogP contribution is 2.01. The number of nitrogens with two attached hydrogens (primary N) is 1. The Bertz CT molecular complexity index is 248. The second-order valence-electron chi connectivity index (χ2n) is 4.75. The average molecular weight is 294 g/mol. The minimum Gasteiger partial charge on any atom is -0.354 e. The lowest BCUT2D eigenvalue weighted by molar-refractivity contribution is -0.124. The van der Waals surface area contributed by atoms with E-state index in [4.69, 9.17) is 5.73 Å². The highest BCUT2D eigenvalue weighted by Gasteiger charge is 2.05. The molecule has 0 spiro atoms. The number of halogens is 1. The molecule has 4 N–H and O–H groups in total. The molecule has 19 heavy (non-hydrogen) atoms. The molecule has 0 fully saturated rings. The van der Waals surface area contributed by atoms with Crippen LogP contribution in [0.2, 0.25) is 0 Å². The van der Waals surface area contributed by atoms with Crippen molar-refractivity contribution >= 4 is 24.2 Å². The molecule has 0 heterocycles. The maximum atomic E-state index is 11.4. The van der Waals surface area contributed by atoms with Gasteiger partial charge in [-0.25, -0.2) is 0 Å². The Hall–Kier alpha value is -0.810. The van der Waals surface area contributed by atoms with Gasteiger partial charge in [-0.15, -0.1) is 12.4 Å². The van der Waals surface area contributed by atoms with E-state index in [1.54, 1.807) is 0 Å². The predicted octanol–water partition coefficient (Wildman–Crippen LogP) is 1.21. The Labute approximate surface area is 122 Å². The number of nitrogens with one attached hydrogen (secondary N) is 2. The van der Waals surface area contributed by atoms with Crippen molar-refractivity contribution in [1.82, 2.24) is 10.6 Å². The first kappa shape index (κ1) is 20.5. The van der Waals surface area contributed by atoms with Crippen molar-refractivity contribution in [3.05, 3.63) is 0 Å². The molecule has 0 aromatic carbocycles. The van der Waals surface area contributed by atoms with E-state index in [2.05, 4.69) is 10.6 Å². The molecule has 114 valence electrons. The van der Waals surface area contributed by atoms with Crippen LogP contribution in [-0.2, 0) is 9.59 Å². The van der Waals surface area contributed by atoms with Gasteiger partial charge in [-0.2, -0.15) is 0 Å². The van der Waals surface area contributed by atoms with E-state index in [0.29, 0.717) is 19.5 Å². The van der Waals surface area contributed by atoms with Gasteiger partial charge in [0.05, 0.1) is 0 Å². The van der Waals surface area contributed by atoms with Gasteiger partial charge in [-0.3, -0.25) is 9.59 Å². The summed E-state index contributed by atoms with van der Waals surface area (Å²) in [6.07, 6.45) is 4.64. The molecule has 5 nitrogen and oxygen atoms in total. The minimum atomic E-state index is -0.0109. The van der Waals surface area contributed by atoms with Gasteiger partial charge < -0.3 is 16.4 Å². The van der Waals surface area contributed by atoms with Gasteiger partial charge >= 0.3 is 0 Å². The van der Waals surface area contributed by atoms with Crippen LogP contribution in [0.15, 0.2) is 0 Å². The largest absolute Gasteiger partial charge is 0.354 e. The first-order valence-electron chi connectivity index (χ1n) is 6.82. The lowest BCUT2D eigenvalue weighted by Crippen LogP contribution is -2.36. The third-order valence-electron chi connectivity index (χ3n) is 2.63. The molecule has 0 aromatic heterocycles. The normalized spacial score (nSPS) is 9.89. The fourth-order valence-corrected chi connectivity index (χ4v) is 1.46. The van der Waals surface area contributed by atoms with E-state index >= 15 is 0 Å². The van der Waals surface area contributed by atoms with Crippen molar-refractivity contribution < 1.29 is 9.59 Å². The van der Waals surface area contributed by atoms with Crippen molar-refractivity contribution in [3.8, 4) is 0 Å². The number of hydrogen-bond donors (Lipinski definition) is 3. The lowest BCUT2D eigenvalue weighted by atomic mass is 10.1. The van der Waals surface area contributed by atoms with Gasteiger partial charge in [-0.1, -0.05) is 26.7 Å². The molecule has 0 aliphatic carbocycles. The SMILES string of the molecule is CC(C)C(=O)NCCNC(=O)CCCCCCN.Cl. The van der Waals surface area contributed by atoms with E-state index < -0.39 is 0 Å². The average Bonchev–Trinajstić information content (AvgIpc) is 2.34. The lowest BCUT2D eigenvalue weighted by Gasteiger charge is -2.08. The monoisotopic (exact) mass is 293 g/mol. The molecule has 0 aliphatic heterocycles. The molecule has 6 heteroatoms. The van der Waals surface area contributed by atoms with Crippen LogP contribution in [0.3, 0.4) is 0 Å². The fourth-order valence-electron chi connectivity index (χ4n) is 1.46. The van der Waals surface area contributed by atoms with Crippen molar-refractivity contribution in [2.45, 2.75) is 46.0 Å². The Balaban J connectivity index is 0. The van der Waals surface area contributed by atoms with Crippen molar-refractivity contribution in [2.75, 3.05) is 19.6 Å². The number of hydrogen-bond acceptors (Lipinski definition) is 3. The molecular weight excluding hydrogens is 266 g/mol. The number of amides is 2. The smallest absolute Gasteiger partial charge is 0.222 e. The van der Waals surface area contributed by atoms with E-state index in [-0.39, 0.29) is 30.1 Å². The summed E-state index contributed by atoms with van der Waals surface area (Å²) in [5, 5.41) is 5.54. The molecule has 0 unspecified atom stereocenters. The zero-order valence-electron chi connectivity index (χ0n) is 12.0. The summed E-state index contributed by atoms with van der Waals surface area (Å²) in [4.78, 5) is 22.6. The van der Waals surface area contributed by atoms with Crippen LogP contribution >= 0.6 is 12.4 Å². The molecule has 0 aromatic rings. The fraction of sp³-hybridized carbons (Fsp3) is 0.846.